The summed E-state index contributed by atoms with van der Waals surface area (Å²) in [6.45, 7) is 4.66. The highest BCUT2D eigenvalue weighted by molar-refractivity contribution is 6.61. The van der Waals surface area contributed by atoms with Crippen LogP contribution in [0.4, 0.5) is 0 Å². The topological polar surface area (TPSA) is 12.5 Å². The maximum absolute atomic E-state index is 4.98. The van der Waals surface area contributed by atoms with E-state index in [1.54, 1.807) is 7.11 Å². The van der Waals surface area contributed by atoms with Crippen LogP contribution in [0.3, 0.4) is 0 Å². The lowest BCUT2D eigenvalue weighted by Gasteiger charge is -2.17. The van der Waals surface area contributed by atoms with Crippen LogP contribution in [0.15, 0.2) is 12.3 Å². The van der Waals surface area contributed by atoms with Crippen molar-refractivity contribution in [3.05, 3.63) is 12.3 Å². The Hall–Kier alpha value is -0.123. The average Bonchev–Trinajstić information content (AvgIpc) is 1.89. The molecule has 0 saturated heterocycles. The first-order valence-corrected chi connectivity index (χ1v) is 5.50. The molecule has 0 aromatic rings. The van der Waals surface area contributed by atoms with Crippen LogP contribution in [0, 0.1) is 0 Å². The molecule has 0 aromatic heterocycles. The predicted octanol–water partition coefficient (Wildman–Crippen LogP) is 0.643. The zero-order valence-corrected chi connectivity index (χ0v) is 8.29. The van der Waals surface area contributed by atoms with Gasteiger partial charge in [0.15, 0.2) is 0 Å². The minimum Gasteiger partial charge on any atom is -0.385 e. The highest BCUT2D eigenvalue weighted by atomic mass is 28.3. The number of ether oxygens (including phenoxy) is 1. The first-order chi connectivity index (χ1) is 4.72. The second-order valence-electron chi connectivity index (χ2n) is 2.55. The summed E-state index contributed by atoms with van der Waals surface area (Å²) >= 11 is 0. The quantitative estimate of drug-likeness (QED) is 0.546. The fourth-order valence-electron chi connectivity index (χ4n) is 0.825. The van der Waals surface area contributed by atoms with E-state index in [0.717, 1.165) is 12.7 Å². The monoisotopic (exact) mass is 159 g/mol. The molecule has 0 rings (SSSR count). The molecule has 0 bridgehead atoms. The van der Waals surface area contributed by atoms with Crippen LogP contribution in [0.5, 0.6) is 0 Å². The summed E-state index contributed by atoms with van der Waals surface area (Å²) < 4.78 is 7.25. The summed E-state index contributed by atoms with van der Waals surface area (Å²) in [7, 11) is 5.12. The van der Waals surface area contributed by atoms with E-state index >= 15 is 0 Å². The summed E-state index contributed by atoms with van der Waals surface area (Å²) in [4.78, 5) is 0. The molecule has 0 spiro atoms. The van der Waals surface area contributed by atoms with Crippen molar-refractivity contribution in [2.75, 3.05) is 27.8 Å². The van der Waals surface area contributed by atoms with Gasteiger partial charge in [0.1, 0.15) is 8.96 Å². The molecule has 3 heteroatoms. The van der Waals surface area contributed by atoms with Crippen LogP contribution in [0.25, 0.3) is 0 Å². The van der Waals surface area contributed by atoms with Gasteiger partial charge in [-0.25, -0.2) is 0 Å². The van der Waals surface area contributed by atoms with E-state index in [2.05, 4.69) is 30.9 Å². The van der Waals surface area contributed by atoms with Gasteiger partial charge in [-0.05, 0) is 20.1 Å². The number of nitrogens with zero attached hydrogens (tertiary/aromatic N) is 1. The Bertz CT molecular complexity index is 95.6. The van der Waals surface area contributed by atoms with E-state index in [0.29, 0.717) is 0 Å². The zero-order chi connectivity index (χ0) is 7.98. The SMILES string of the molecule is C=C[SiH](CCOC)N(C)C. The number of methoxy groups -OCH3 is 1. The number of rotatable bonds is 5. The highest BCUT2D eigenvalue weighted by Gasteiger charge is 2.07. The predicted molar refractivity (Wildman–Crippen MR) is 47.7 cm³/mol. The lowest BCUT2D eigenvalue weighted by molar-refractivity contribution is 0.214. The molecule has 0 aliphatic rings. The molecule has 0 N–H and O–H groups in total. The molecule has 2 nitrogen and oxygen atoms in total. The zero-order valence-electron chi connectivity index (χ0n) is 7.13. The maximum Gasteiger partial charge on any atom is 0.137 e. The van der Waals surface area contributed by atoms with Crippen molar-refractivity contribution in [1.29, 1.82) is 0 Å². The minimum absolute atomic E-state index is 0.832. The fraction of sp³-hybridized carbons (Fsp3) is 0.714. The van der Waals surface area contributed by atoms with Gasteiger partial charge in [-0.3, -0.25) is 0 Å². The Morgan fingerprint density at radius 3 is 2.50 bits per heavy atom. The molecule has 1 atom stereocenters. The lowest BCUT2D eigenvalue weighted by atomic mass is 10.9. The van der Waals surface area contributed by atoms with Crippen molar-refractivity contribution in [2.45, 2.75) is 6.04 Å². The van der Waals surface area contributed by atoms with Crippen molar-refractivity contribution in [2.24, 2.45) is 0 Å². The van der Waals surface area contributed by atoms with Crippen LogP contribution in [0.2, 0.25) is 6.04 Å². The molecule has 0 aliphatic heterocycles. The van der Waals surface area contributed by atoms with Gasteiger partial charge < -0.3 is 9.30 Å². The first kappa shape index (κ1) is 9.88. The molecule has 0 aliphatic carbocycles. The molecule has 0 heterocycles. The normalized spacial score (nSPS) is 13.6. The van der Waals surface area contributed by atoms with Crippen LogP contribution < -0.4 is 0 Å². The van der Waals surface area contributed by atoms with Crippen molar-refractivity contribution in [3.8, 4) is 0 Å². The number of hydrogen-bond donors (Lipinski definition) is 0. The molecule has 0 saturated carbocycles. The summed E-state index contributed by atoms with van der Waals surface area (Å²) in [5, 5.41) is 0. The van der Waals surface area contributed by atoms with Crippen LogP contribution in [-0.2, 0) is 4.74 Å². The van der Waals surface area contributed by atoms with Gasteiger partial charge >= 0.3 is 0 Å². The minimum atomic E-state index is -0.832. The van der Waals surface area contributed by atoms with Gasteiger partial charge in [0.25, 0.3) is 0 Å². The lowest BCUT2D eigenvalue weighted by Crippen LogP contribution is -2.31. The van der Waals surface area contributed by atoms with Crippen LogP contribution >= 0.6 is 0 Å². The fourth-order valence-corrected chi connectivity index (χ4v) is 2.48. The Morgan fingerprint density at radius 1 is 1.60 bits per heavy atom. The smallest absolute Gasteiger partial charge is 0.137 e. The van der Waals surface area contributed by atoms with Gasteiger partial charge in [-0.15, -0.1) is 6.58 Å². The molecule has 10 heavy (non-hydrogen) atoms. The van der Waals surface area contributed by atoms with Gasteiger partial charge in [-0.1, -0.05) is 5.70 Å². The van der Waals surface area contributed by atoms with Crippen LogP contribution in [-0.4, -0.2) is 41.3 Å². The second-order valence-corrected chi connectivity index (χ2v) is 5.76. The van der Waals surface area contributed by atoms with Gasteiger partial charge in [0, 0.05) is 13.7 Å². The summed E-state index contributed by atoms with van der Waals surface area (Å²) in [6.07, 6.45) is 0. The molecule has 0 fully saturated rings. The van der Waals surface area contributed by atoms with E-state index in [-0.39, 0.29) is 0 Å². The second kappa shape index (κ2) is 5.65. The third-order valence-corrected chi connectivity index (χ3v) is 4.25. The van der Waals surface area contributed by atoms with Gasteiger partial charge in [0.2, 0.25) is 0 Å². The van der Waals surface area contributed by atoms with E-state index in [4.69, 9.17) is 4.74 Å². The van der Waals surface area contributed by atoms with Crippen molar-refractivity contribution in [1.82, 2.24) is 4.57 Å². The van der Waals surface area contributed by atoms with Crippen molar-refractivity contribution < 1.29 is 4.74 Å². The third-order valence-electron chi connectivity index (χ3n) is 1.55. The number of hydrogen-bond acceptors (Lipinski definition) is 2. The van der Waals surface area contributed by atoms with E-state index in [1.807, 2.05) is 0 Å². The average molecular weight is 159 g/mol. The summed E-state index contributed by atoms with van der Waals surface area (Å²) in [5.41, 5.74) is 2.08. The molecule has 0 aromatic carbocycles. The van der Waals surface area contributed by atoms with E-state index < -0.39 is 8.96 Å². The standard InChI is InChI=1S/C7H17NOSi/c1-5-10(8(2)3)7-6-9-4/h5,10H,1,6-7H2,2-4H3. The van der Waals surface area contributed by atoms with E-state index in [1.165, 1.54) is 0 Å². The van der Waals surface area contributed by atoms with Crippen molar-refractivity contribution >= 4 is 8.96 Å². The third kappa shape index (κ3) is 3.82. The Morgan fingerprint density at radius 2 is 2.20 bits per heavy atom. The van der Waals surface area contributed by atoms with Crippen LogP contribution in [0.1, 0.15) is 0 Å². The Balaban J connectivity index is 3.50. The first-order valence-electron chi connectivity index (χ1n) is 3.50. The van der Waals surface area contributed by atoms with Gasteiger partial charge in [-0.2, -0.15) is 0 Å². The van der Waals surface area contributed by atoms with Crippen molar-refractivity contribution in [3.63, 3.8) is 0 Å². The summed E-state index contributed by atoms with van der Waals surface area (Å²) in [5.74, 6) is 0. The largest absolute Gasteiger partial charge is 0.385 e. The molecule has 0 amide bonds. The highest BCUT2D eigenvalue weighted by Crippen LogP contribution is 1.96. The Kier molecular flexibility index (Phi) is 5.58. The van der Waals surface area contributed by atoms with E-state index in [9.17, 15) is 0 Å². The molecular formula is C7H17NOSi. The summed E-state index contributed by atoms with van der Waals surface area (Å²) in [6, 6.07) is 1.16. The molecule has 1 unspecified atom stereocenters. The van der Waals surface area contributed by atoms with Gasteiger partial charge in [0.05, 0.1) is 0 Å². The molecule has 0 radical (unpaired) electrons. The maximum atomic E-state index is 4.98. The molecular weight excluding hydrogens is 142 g/mol. The molecule has 60 valence electrons. The Labute approximate surface area is 65.2 Å².